The largest absolute Gasteiger partial charge is 0.459 e. The molecule has 1 aliphatic rings. The Balaban J connectivity index is 1.29. The Labute approximate surface area is 216 Å². The summed E-state index contributed by atoms with van der Waals surface area (Å²) in [6.07, 6.45) is 2.65. The lowest BCUT2D eigenvalue weighted by molar-refractivity contribution is -0.148. The number of nitrogens with one attached hydrogen (secondary N) is 1. The van der Waals surface area contributed by atoms with Crippen molar-refractivity contribution in [2.24, 2.45) is 0 Å². The highest BCUT2D eigenvalue weighted by Gasteiger charge is 2.32. The van der Waals surface area contributed by atoms with E-state index in [1.165, 1.54) is 0 Å². The zero-order valence-electron chi connectivity index (χ0n) is 20.5. The number of carbonyl (C=O) groups excluding carboxylic acids is 2. The van der Waals surface area contributed by atoms with Gasteiger partial charge in [0.1, 0.15) is 19.3 Å². The highest BCUT2D eigenvalue weighted by molar-refractivity contribution is 5.83. The molecule has 1 aromatic heterocycles. The molecule has 4 aromatic rings. The lowest BCUT2D eigenvalue weighted by Gasteiger charge is -2.24. The van der Waals surface area contributed by atoms with Gasteiger partial charge in [0.05, 0.1) is 0 Å². The van der Waals surface area contributed by atoms with E-state index in [4.69, 9.17) is 9.47 Å². The van der Waals surface area contributed by atoms with Gasteiger partial charge in [0.15, 0.2) is 0 Å². The predicted octanol–water partition coefficient (Wildman–Crippen LogP) is 5.84. The van der Waals surface area contributed by atoms with Crippen molar-refractivity contribution in [3.8, 4) is 11.1 Å². The summed E-state index contributed by atoms with van der Waals surface area (Å²) < 4.78 is 11.3. The summed E-state index contributed by atoms with van der Waals surface area (Å²) in [5, 5.41) is 2.77. The van der Waals surface area contributed by atoms with Crippen molar-refractivity contribution >= 4 is 12.1 Å². The van der Waals surface area contributed by atoms with Crippen molar-refractivity contribution in [2.45, 2.75) is 31.4 Å². The Hall–Kier alpha value is -4.45. The van der Waals surface area contributed by atoms with Crippen LogP contribution in [0.1, 0.15) is 41.0 Å². The summed E-state index contributed by atoms with van der Waals surface area (Å²) in [6, 6.07) is 28.5. The van der Waals surface area contributed by atoms with Gasteiger partial charge in [-0.25, -0.2) is 9.59 Å². The van der Waals surface area contributed by atoms with Crippen LogP contribution in [0.2, 0.25) is 0 Å². The van der Waals surface area contributed by atoms with Crippen molar-refractivity contribution in [1.82, 2.24) is 10.3 Å². The maximum absolute atomic E-state index is 13.1. The number of carbonyl (C=O) groups is 2. The van der Waals surface area contributed by atoms with Crippen molar-refractivity contribution in [3.05, 3.63) is 126 Å². The van der Waals surface area contributed by atoms with Crippen molar-refractivity contribution in [2.75, 3.05) is 6.61 Å². The third-order valence-corrected chi connectivity index (χ3v) is 6.83. The third kappa shape index (κ3) is 5.38. The van der Waals surface area contributed by atoms with Gasteiger partial charge in [0.25, 0.3) is 0 Å². The Morgan fingerprint density at radius 1 is 0.811 bits per heavy atom. The number of rotatable bonds is 8. The molecule has 1 aliphatic carbocycles. The van der Waals surface area contributed by atoms with Crippen LogP contribution in [-0.4, -0.2) is 29.7 Å². The molecule has 0 saturated heterocycles. The number of nitrogens with zero attached hydrogens (tertiary/aromatic N) is 1. The van der Waals surface area contributed by atoms with Crippen LogP contribution < -0.4 is 5.32 Å². The molecule has 2 atom stereocenters. The SMILES string of the molecule is C[C@@H](c1ccncc1)C(NC(=O)OCC1c2ccccc2-c2ccccc21)C(=O)OCc1ccccc1. The maximum Gasteiger partial charge on any atom is 0.407 e. The fourth-order valence-electron chi connectivity index (χ4n) is 4.83. The van der Waals surface area contributed by atoms with E-state index in [1.807, 2.05) is 73.7 Å². The van der Waals surface area contributed by atoms with E-state index in [9.17, 15) is 9.59 Å². The number of pyridine rings is 1. The van der Waals surface area contributed by atoms with Crippen LogP contribution in [0.4, 0.5) is 4.79 Å². The zero-order valence-corrected chi connectivity index (χ0v) is 20.5. The lowest BCUT2D eigenvalue weighted by atomic mass is 9.94. The quantitative estimate of drug-likeness (QED) is 0.313. The Bertz CT molecular complexity index is 1330. The van der Waals surface area contributed by atoms with E-state index < -0.39 is 18.1 Å². The average Bonchev–Trinajstić information content (AvgIpc) is 3.28. The molecule has 6 heteroatoms. The molecule has 1 unspecified atom stereocenters. The third-order valence-electron chi connectivity index (χ3n) is 6.83. The van der Waals surface area contributed by atoms with Gasteiger partial charge in [-0.2, -0.15) is 0 Å². The standard InChI is InChI=1S/C31H28N2O4/c1-21(23-15-17-32-18-16-23)29(30(34)36-19-22-9-3-2-4-10-22)33-31(35)37-20-28-26-13-7-5-11-24(26)25-12-6-8-14-27(25)28/h2-18,21,28-29H,19-20H2,1H3,(H,33,35)/t21-,29?/m0/s1. The number of benzene rings is 3. The van der Waals surface area contributed by atoms with Crippen molar-refractivity contribution < 1.29 is 19.1 Å². The van der Waals surface area contributed by atoms with Crippen LogP contribution in [0.25, 0.3) is 11.1 Å². The van der Waals surface area contributed by atoms with E-state index in [2.05, 4.69) is 34.6 Å². The molecule has 0 fully saturated rings. The molecule has 5 rings (SSSR count). The molecular formula is C31H28N2O4. The number of aromatic nitrogens is 1. The average molecular weight is 493 g/mol. The minimum absolute atomic E-state index is 0.0701. The highest BCUT2D eigenvalue weighted by atomic mass is 16.6. The molecule has 3 aromatic carbocycles. The molecule has 0 radical (unpaired) electrons. The second kappa shape index (κ2) is 11.1. The summed E-state index contributed by atoms with van der Waals surface area (Å²) >= 11 is 0. The van der Waals surface area contributed by atoms with E-state index in [0.717, 1.165) is 33.4 Å². The highest BCUT2D eigenvalue weighted by Crippen LogP contribution is 2.44. The summed E-state index contributed by atoms with van der Waals surface area (Å²) in [6.45, 7) is 2.15. The molecule has 1 amide bonds. The van der Waals surface area contributed by atoms with Gasteiger partial charge < -0.3 is 14.8 Å². The van der Waals surface area contributed by atoms with E-state index >= 15 is 0 Å². The molecule has 1 heterocycles. The van der Waals surface area contributed by atoms with Crippen molar-refractivity contribution in [3.63, 3.8) is 0 Å². The number of esters is 1. The fourth-order valence-corrected chi connectivity index (χ4v) is 4.83. The molecule has 186 valence electrons. The van der Waals surface area contributed by atoms with Crippen LogP contribution in [0.3, 0.4) is 0 Å². The van der Waals surface area contributed by atoms with Gasteiger partial charge in [-0.05, 0) is 45.5 Å². The number of amides is 1. The van der Waals surface area contributed by atoms with Crippen LogP contribution in [0.5, 0.6) is 0 Å². The van der Waals surface area contributed by atoms with E-state index in [1.54, 1.807) is 12.4 Å². The second-order valence-electron chi connectivity index (χ2n) is 9.11. The number of fused-ring (bicyclic) bond motifs is 3. The number of hydrogen-bond acceptors (Lipinski definition) is 5. The van der Waals surface area contributed by atoms with Gasteiger partial charge in [0.2, 0.25) is 0 Å². The van der Waals surface area contributed by atoms with E-state index in [0.29, 0.717) is 0 Å². The van der Waals surface area contributed by atoms with Crippen LogP contribution in [0, 0.1) is 0 Å². The molecule has 6 nitrogen and oxygen atoms in total. The molecule has 1 N–H and O–H groups in total. The van der Waals surface area contributed by atoms with Crippen molar-refractivity contribution in [1.29, 1.82) is 0 Å². The maximum atomic E-state index is 13.1. The first-order chi connectivity index (χ1) is 18.1. The van der Waals surface area contributed by atoms with Crippen LogP contribution in [0.15, 0.2) is 103 Å². The molecule has 37 heavy (non-hydrogen) atoms. The Kier molecular flexibility index (Phi) is 7.26. The number of alkyl carbamates (subject to hydrolysis) is 1. The number of hydrogen-bond donors (Lipinski definition) is 1. The predicted molar refractivity (Wildman–Crippen MR) is 141 cm³/mol. The van der Waals surface area contributed by atoms with Gasteiger partial charge in [-0.1, -0.05) is 85.8 Å². The minimum Gasteiger partial charge on any atom is -0.459 e. The topological polar surface area (TPSA) is 77.5 Å². The monoisotopic (exact) mass is 492 g/mol. The second-order valence-corrected chi connectivity index (χ2v) is 9.11. The number of ether oxygens (including phenoxy) is 2. The molecular weight excluding hydrogens is 464 g/mol. The van der Waals surface area contributed by atoms with Gasteiger partial charge in [0, 0.05) is 24.2 Å². The Morgan fingerprint density at radius 2 is 1.41 bits per heavy atom. The summed E-state index contributed by atoms with van der Waals surface area (Å²) in [7, 11) is 0. The summed E-state index contributed by atoms with van der Waals surface area (Å²) in [5.74, 6) is -0.951. The zero-order chi connectivity index (χ0) is 25.6. The van der Waals surface area contributed by atoms with Gasteiger partial charge in [-0.15, -0.1) is 0 Å². The van der Waals surface area contributed by atoms with Gasteiger partial charge in [-0.3, -0.25) is 4.98 Å². The van der Waals surface area contributed by atoms with Crippen LogP contribution >= 0.6 is 0 Å². The summed E-state index contributed by atoms with van der Waals surface area (Å²) in [5.41, 5.74) is 6.28. The molecule has 0 saturated carbocycles. The fraction of sp³-hybridized carbons (Fsp3) is 0.194. The summed E-state index contributed by atoms with van der Waals surface area (Å²) in [4.78, 5) is 30.2. The first kappa shape index (κ1) is 24.3. The van der Waals surface area contributed by atoms with E-state index in [-0.39, 0.29) is 25.0 Å². The van der Waals surface area contributed by atoms with Gasteiger partial charge >= 0.3 is 12.1 Å². The normalized spacial score (nSPS) is 13.6. The first-order valence-corrected chi connectivity index (χ1v) is 12.3. The minimum atomic E-state index is -0.929. The molecule has 0 spiro atoms. The smallest absolute Gasteiger partial charge is 0.407 e. The molecule has 0 bridgehead atoms. The lowest BCUT2D eigenvalue weighted by Crippen LogP contribution is -2.45. The molecule has 0 aliphatic heterocycles. The Morgan fingerprint density at radius 3 is 2.05 bits per heavy atom. The van der Waals surface area contributed by atoms with Crippen LogP contribution in [-0.2, 0) is 20.9 Å². The first-order valence-electron chi connectivity index (χ1n) is 12.3.